The van der Waals surface area contributed by atoms with Crippen molar-refractivity contribution in [2.45, 2.75) is 44.7 Å². The lowest BCUT2D eigenvalue weighted by atomic mass is 9.89. The number of ether oxygens (including phenoxy) is 1. The van der Waals surface area contributed by atoms with Crippen LogP contribution < -0.4 is 20.9 Å². The van der Waals surface area contributed by atoms with Gasteiger partial charge in [-0.1, -0.05) is 18.5 Å². The molecule has 1 saturated heterocycles. The molecule has 1 aliphatic carbocycles. The lowest BCUT2D eigenvalue weighted by Crippen LogP contribution is -2.51. The third kappa shape index (κ3) is 5.08. The molecule has 0 radical (unpaired) electrons. The molecule has 5 rings (SSSR count). The van der Waals surface area contributed by atoms with E-state index in [1.54, 1.807) is 12.1 Å². The lowest BCUT2D eigenvalue weighted by molar-refractivity contribution is 0.158. The highest BCUT2D eigenvalue weighted by molar-refractivity contribution is 6.36. The van der Waals surface area contributed by atoms with Gasteiger partial charge in [-0.05, 0) is 43.7 Å². The number of fused-ring (bicyclic) bond motifs is 1. The number of amides is 1. The molecule has 2 aromatic heterocycles. The number of rotatable bonds is 7. The maximum atomic E-state index is 11.8. The third-order valence-electron chi connectivity index (χ3n) is 6.91. The summed E-state index contributed by atoms with van der Waals surface area (Å²) in [7, 11) is 1.35. The van der Waals surface area contributed by atoms with Crippen molar-refractivity contribution in [3.8, 4) is 12.1 Å². The van der Waals surface area contributed by atoms with Gasteiger partial charge in [0.05, 0.1) is 41.3 Å². The first-order valence-corrected chi connectivity index (χ1v) is 12.8. The minimum absolute atomic E-state index is 0.0127. The number of nitrogens with zero attached hydrogens (tertiary/aromatic N) is 7. The normalized spacial score (nSPS) is 18.9. The fourth-order valence-electron chi connectivity index (χ4n) is 4.71. The molecule has 1 aliphatic heterocycles. The monoisotopic (exact) mass is 534 g/mol. The molecule has 38 heavy (non-hydrogen) atoms. The van der Waals surface area contributed by atoms with Crippen molar-refractivity contribution in [3.63, 3.8) is 0 Å². The summed E-state index contributed by atoms with van der Waals surface area (Å²) >= 11 is 6.90. The molecule has 1 saturated carbocycles. The summed E-state index contributed by atoms with van der Waals surface area (Å²) in [6.45, 7) is 3.36. The minimum Gasteiger partial charge on any atom is -0.453 e. The standard InChI is InChI=1S/C25H27ClN10O2/c1-3-15-13-35(7-6-18(15)32-25(37)38-2)20-9-14(10-27)8-19(21(20)26)31-24-33-22(30-16-4-5-16)23-29-12-17(11-28)36(23)34-24/h8-9,12,15-16,18H,3-7,13H2,1-2H3,(H,32,37)(H2,30,31,33,34)/t15-,18+/m0/s1. The van der Waals surface area contributed by atoms with E-state index in [9.17, 15) is 15.3 Å². The molecule has 1 amide bonds. The number of nitrogens with one attached hydrogen (secondary N) is 3. The number of hydrogen-bond acceptors (Lipinski definition) is 10. The molecule has 3 aromatic rings. The molecule has 13 heteroatoms. The molecular formula is C25H27ClN10O2. The van der Waals surface area contributed by atoms with E-state index >= 15 is 0 Å². The lowest BCUT2D eigenvalue weighted by Gasteiger charge is -2.40. The fraction of sp³-hybridized carbons (Fsp3) is 0.440. The summed E-state index contributed by atoms with van der Waals surface area (Å²) in [5.74, 6) is 0.907. The van der Waals surface area contributed by atoms with E-state index in [2.05, 4.69) is 55.0 Å². The first-order chi connectivity index (χ1) is 18.4. The van der Waals surface area contributed by atoms with Gasteiger partial charge in [-0.25, -0.2) is 9.78 Å². The molecule has 0 bridgehead atoms. The molecule has 3 N–H and O–H groups in total. The van der Waals surface area contributed by atoms with Crippen LogP contribution in [0.25, 0.3) is 5.65 Å². The van der Waals surface area contributed by atoms with Crippen LogP contribution in [-0.4, -0.2) is 58.0 Å². The molecule has 12 nitrogen and oxygen atoms in total. The first-order valence-electron chi connectivity index (χ1n) is 12.5. The number of piperidine rings is 1. The average Bonchev–Trinajstić information content (AvgIpc) is 3.65. The van der Waals surface area contributed by atoms with Gasteiger partial charge < -0.3 is 25.6 Å². The predicted octanol–water partition coefficient (Wildman–Crippen LogP) is 3.80. The van der Waals surface area contributed by atoms with Crippen LogP contribution in [0.4, 0.5) is 27.9 Å². The van der Waals surface area contributed by atoms with Gasteiger partial charge in [-0.2, -0.15) is 20.0 Å². The Balaban J connectivity index is 1.46. The second kappa shape index (κ2) is 10.6. The van der Waals surface area contributed by atoms with E-state index in [1.165, 1.54) is 17.8 Å². The van der Waals surface area contributed by atoms with Gasteiger partial charge in [-0.3, -0.25) is 0 Å². The van der Waals surface area contributed by atoms with Crippen LogP contribution in [0, 0.1) is 28.6 Å². The van der Waals surface area contributed by atoms with E-state index in [-0.39, 0.29) is 23.6 Å². The van der Waals surface area contributed by atoms with Gasteiger partial charge in [0.15, 0.2) is 17.2 Å². The molecule has 2 aliphatic rings. The number of methoxy groups -OCH3 is 1. The van der Waals surface area contributed by atoms with Crippen LogP contribution in [0.1, 0.15) is 43.9 Å². The summed E-state index contributed by atoms with van der Waals surface area (Å²) in [6.07, 6.45) is 4.64. The highest BCUT2D eigenvalue weighted by Crippen LogP contribution is 2.38. The maximum Gasteiger partial charge on any atom is 0.407 e. The summed E-state index contributed by atoms with van der Waals surface area (Å²) in [5.41, 5.74) is 2.34. The van der Waals surface area contributed by atoms with Crippen LogP contribution in [0.2, 0.25) is 5.02 Å². The van der Waals surface area contributed by atoms with Gasteiger partial charge >= 0.3 is 6.09 Å². The van der Waals surface area contributed by atoms with Crippen LogP contribution in [-0.2, 0) is 4.74 Å². The SMILES string of the molecule is CC[C@H]1CN(c2cc(C#N)cc(Nc3nc(NC4CC4)c4ncc(C#N)n4n3)c2Cl)CC[C@H]1NC(=O)OC. The van der Waals surface area contributed by atoms with Crippen molar-refractivity contribution in [2.24, 2.45) is 5.92 Å². The van der Waals surface area contributed by atoms with Crippen LogP contribution in [0.5, 0.6) is 0 Å². The number of carbonyl (C=O) groups is 1. The third-order valence-corrected chi connectivity index (χ3v) is 7.31. The van der Waals surface area contributed by atoms with Gasteiger partial charge in [0.2, 0.25) is 5.95 Å². The van der Waals surface area contributed by atoms with Crippen molar-refractivity contribution < 1.29 is 9.53 Å². The number of imidazole rings is 1. The Morgan fingerprint density at radius 1 is 1.26 bits per heavy atom. The number of benzene rings is 1. The number of hydrogen-bond donors (Lipinski definition) is 3. The Kier molecular flexibility index (Phi) is 7.07. The molecule has 196 valence electrons. The molecule has 0 spiro atoms. The second-order valence-electron chi connectivity index (χ2n) is 9.43. The smallest absolute Gasteiger partial charge is 0.407 e. The van der Waals surface area contributed by atoms with Crippen molar-refractivity contribution in [1.82, 2.24) is 24.9 Å². The highest BCUT2D eigenvalue weighted by atomic mass is 35.5. The molecule has 0 unspecified atom stereocenters. The summed E-state index contributed by atoms with van der Waals surface area (Å²) in [6, 6.07) is 8.01. The number of halogens is 1. The molecule has 2 atom stereocenters. The zero-order valence-corrected chi connectivity index (χ0v) is 21.8. The molecule has 3 heterocycles. The summed E-state index contributed by atoms with van der Waals surface area (Å²) < 4.78 is 6.22. The minimum atomic E-state index is -0.442. The number of alkyl carbamates (subject to hydrolysis) is 1. The molecule has 2 fully saturated rings. The summed E-state index contributed by atoms with van der Waals surface area (Å²) in [5, 5.41) is 33.6. The topological polar surface area (TPSA) is 156 Å². The van der Waals surface area contributed by atoms with Crippen molar-refractivity contribution in [1.29, 1.82) is 10.5 Å². The largest absolute Gasteiger partial charge is 0.453 e. The average molecular weight is 535 g/mol. The molecule has 1 aromatic carbocycles. The first kappa shape index (κ1) is 25.4. The quantitative estimate of drug-likeness (QED) is 0.407. The number of carbonyl (C=O) groups excluding carboxylic acids is 1. The van der Waals surface area contributed by atoms with Crippen LogP contribution >= 0.6 is 11.6 Å². The van der Waals surface area contributed by atoms with E-state index < -0.39 is 6.09 Å². The van der Waals surface area contributed by atoms with Gasteiger partial charge in [0.25, 0.3) is 0 Å². The Labute approximate surface area is 224 Å². The van der Waals surface area contributed by atoms with Gasteiger partial charge in [-0.15, -0.1) is 5.10 Å². The Bertz CT molecular complexity index is 1460. The Hall–Kier alpha value is -4.29. The Morgan fingerprint density at radius 2 is 2.08 bits per heavy atom. The van der Waals surface area contributed by atoms with Crippen molar-refractivity contribution >= 4 is 46.5 Å². The Morgan fingerprint density at radius 3 is 2.76 bits per heavy atom. The zero-order valence-electron chi connectivity index (χ0n) is 21.0. The fourth-order valence-corrected chi connectivity index (χ4v) is 4.98. The van der Waals surface area contributed by atoms with Gasteiger partial charge in [0, 0.05) is 25.2 Å². The maximum absolute atomic E-state index is 11.8. The van der Waals surface area contributed by atoms with Crippen LogP contribution in [0.15, 0.2) is 18.3 Å². The van der Waals surface area contributed by atoms with E-state index in [0.717, 1.165) is 19.3 Å². The van der Waals surface area contributed by atoms with E-state index in [0.29, 0.717) is 59.0 Å². The zero-order chi connectivity index (χ0) is 26.8. The number of aromatic nitrogens is 4. The van der Waals surface area contributed by atoms with Gasteiger partial charge in [0.1, 0.15) is 6.07 Å². The highest BCUT2D eigenvalue weighted by Gasteiger charge is 2.31. The number of nitriles is 2. The number of anilines is 4. The van der Waals surface area contributed by atoms with Crippen LogP contribution in [0.3, 0.4) is 0 Å². The van der Waals surface area contributed by atoms with Crippen molar-refractivity contribution in [3.05, 3.63) is 34.6 Å². The predicted molar refractivity (Wildman–Crippen MR) is 142 cm³/mol. The molecular weight excluding hydrogens is 508 g/mol. The summed E-state index contributed by atoms with van der Waals surface area (Å²) in [4.78, 5) is 22.8. The second-order valence-corrected chi connectivity index (χ2v) is 9.81. The van der Waals surface area contributed by atoms with Crippen molar-refractivity contribution in [2.75, 3.05) is 35.7 Å². The van der Waals surface area contributed by atoms with E-state index in [4.69, 9.17) is 16.3 Å². The van der Waals surface area contributed by atoms with E-state index in [1.807, 2.05) is 0 Å².